The van der Waals surface area contributed by atoms with Crippen LogP contribution >= 0.6 is 0 Å². The van der Waals surface area contributed by atoms with Crippen molar-refractivity contribution in [2.24, 2.45) is 17.6 Å². The van der Waals surface area contributed by atoms with Crippen molar-refractivity contribution >= 4 is 111 Å². The number of aryl methyl sites for hydroxylation is 6. The van der Waals surface area contributed by atoms with E-state index in [-0.39, 0.29) is 68.3 Å². The van der Waals surface area contributed by atoms with Gasteiger partial charge in [0.25, 0.3) is 28.5 Å². The van der Waals surface area contributed by atoms with Crippen molar-refractivity contribution in [3.63, 3.8) is 0 Å². The number of carbonyl (C=O) groups is 13. The number of carbonyl (C=O) groups excluding carboxylic acids is 12. The Bertz CT molecular complexity index is 4740. The summed E-state index contributed by atoms with van der Waals surface area (Å²) in [5.74, 6) is -11.3. The summed E-state index contributed by atoms with van der Waals surface area (Å²) < 4.78 is 56.4. The Hall–Kier alpha value is -11.9. The second-order valence-electron chi connectivity index (χ2n) is 26.5. The van der Waals surface area contributed by atoms with Crippen LogP contribution in [-0.2, 0) is 115 Å². The number of esters is 10. The van der Waals surface area contributed by atoms with Crippen molar-refractivity contribution in [2.45, 2.75) is 200 Å². The van der Waals surface area contributed by atoms with E-state index >= 15 is 0 Å². The number of aromatic carboxylic acids is 1. The summed E-state index contributed by atoms with van der Waals surface area (Å²) in [7, 11) is 0. The van der Waals surface area contributed by atoms with Gasteiger partial charge in [0.1, 0.15) is 44.2 Å². The Morgan fingerprint density at radius 2 is 0.661 bits per heavy atom. The predicted octanol–water partition coefficient (Wildman–Crippen LogP) is 3.02. The number of hydrogen-bond acceptors (Lipinski definition) is 32. The molecule has 115 heavy (non-hydrogen) atoms. The molecule has 0 aliphatic carbocycles. The fourth-order valence-electron chi connectivity index (χ4n) is 11.1. The number of nitrogens with two attached hydrogens (primary N) is 1. The first-order valence-electron chi connectivity index (χ1n) is 36.2. The van der Waals surface area contributed by atoms with Gasteiger partial charge in [-0.15, -0.1) is 0 Å². The topological polar surface area (TPSA) is 530 Å². The molecule has 0 unspecified atom stereocenters. The number of fused-ring (bicyclic) bond motifs is 3. The first-order chi connectivity index (χ1) is 53.8. The first kappa shape index (κ1) is 97.3. The lowest BCUT2D eigenvalue weighted by Gasteiger charge is -2.32. The van der Waals surface area contributed by atoms with E-state index in [2.05, 4.69) is 25.6 Å². The lowest BCUT2D eigenvalue weighted by atomic mass is 9.97. The highest BCUT2D eigenvalue weighted by molar-refractivity contribution is 5.95. The van der Waals surface area contributed by atoms with Crippen molar-refractivity contribution in [1.82, 2.24) is 39.3 Å². The molecule has 0 fully saturated rings. The Labute approximate surface area is 660 Å². The van der Waals surface area contributed by atoms with Crippen LogP contribution in [0.25, 0.3) is 33.1 Å². The Balaban J connectivity index is 0.000000437. The van der Waals surface area contributed by atoms with Crippen molar-refractivity contribution in [2.75, 3.05) is 52.7 Å². The van der Waals surface area contributed by atoms with E-state index in [9.17, 15) is 81.8 Å². The molecule has 630 valence electrons. The Kier molecular flexibility index (Phi) is 39.2. The number of ether oxygens (including phenoxy) is 10. The molecule has 3 aromatic heterocycles. The van der Waals surface area contributed by atoms with E-state index < -0.39 is 173 Å². The van der Waals surface area contributed by atoms with Gasteiger partial charge in [0.2, 0.25) is 5.69 Å². The zero-order valence-electron chi connectivity index (χ0n) is 67.9. The summed E-state index contributed by atoms with van der Waals surface area (Å²) in [5.41, 5.74) is 8.09. The van der Waals surface area contributed by atoms with Crippen LogP contribution in [0.1, 0.15) is 161 Å². The minimum Gasteiger partial charge on any atom is -0.476 e. The maximum atomic E-state index is 13.6. The molecule has 0 aliphatic heterocycles. The van der Waals surface area contributed by atoms with E-state index in [0.29, 0.717) is 36.1 Å². The molecule has 0 spiro atoms. The number of nitrogens with one attached hydrogen (secondary N) is 2. The van der Waals surface area contributed by atoms with Gasteiger partial charge in [0.05, 0.1) is 65.9 Å². The number of carboxylic acid groups (broad SMARTS) is 1. The third-order valence-electron chi connectivity index (χ3n) is 17.1. The monoisotopic (exact) mass is 1620 g/mol. The van der Waals surface area contributed by atoms with Gasteiger partial charge in [0, 0.05) is 101 Å². The SMILES string of the molecule is CC(=O)OC[C@@H](OC(C)=O)[C@@H](C)[C@H](Cn1c(=O)c(C(=O)O)nc2cc(C)c(C)cc21)OC(C)=O.CC(=O)OC[C@@H](OC(C)=O)[C@@H](OC(C)=O)[C@H](Cn1c(=O)c(C(=O)NCCO)nc2cc(C)c(C)cc21)OC(C)=O.CCCNC(=O)c1nc2cc(C)c(C)cc2n(C[C@H](OC(C)=O)[C@H](C)[C@@H](COC(C)=O)OC(C)=O)c1=O.NCCO. The van der Waals surface area contributed by atoms with Gasteiger partial charge in [-0.2, -0.15) is 0 Å². The molecule has 0 radical (unpaired) electrons. The van der Waals surface area contributed by atoms with E-state index in [4.69, 9.17) is 63.3 Å². The number of benzene rings is 3. The van der Waals surface area contributed by atoms with Gasteiger partial charge < -0.3 is 92.8 Å². The van der Waals surface area contributed by atoms with Crippen molar-refractivity contribution in [3.05, 3.63) is 118 Å². The molecule has 3 heterocycles. The van der Waals surface area contributed by atoms with E-state index in [1.165, 1.54) is 50.7 Å². The maximum absolute atomic E-state index is 13.6. The second-order valence-corrected chi connectivity index (χ2v) is 26.5. The van der Waals surface area contributed by atoms with Crippen LogP contribution in [0.4, 0.5) is 0 Å². The highest BCUT2D eigenvalue weighted by Crippen LogP contribution is 2.27. The number of nitrogens with zero attached hydrogens (tertiary/aromatic N) is 6. The molecule has 9 atom stereocenters. The lowest BCUT2D eigenvalue weighted by molar-refractivity contribution is -0.190. The minimum atomic E-state index is -1.53. The largest absolute Gasteiger partial charge is 0.476 e. The number of hydrogen-bond donors (Lipinski definition) is 6. The minimum absolute atomic E-state index is 0.0972. The fourth-order valence-corrected chi connectivity index (χ4v) is 11.1. The van der Waals surface area contributed by atoms with Crippen molar-refractivity contribution in [3.8, 4) is 0 Å². The summed E-state index contributed by atoms with van der Waals surface area (Å²) in [6, 6.07) is 10.2. The quantitative estimate of drug-likeness (QED) is 0.0255. The van der Waals surface area contributed by atoms with E-state index in [1.807, 2.05) is 41.5 Å². The number of amides is 2. The van der Waals surface area contributed by atoms with Crippen molar-refractivity contribution < 1.29 is 125 Å². The van der Waals surface area contributed by atoms with Gasteiger partial charge >= 0.3 is 65.7 Å². The maximum Gasteiger partial charge on any atom is 0.360 e. The van der Waals surface area contributed by atoms with Crippen LogP contribution in [0.15, 0.2) is 50.8 Å². The molecule has 6 rings (SSSR count). The number of carboxylic acids is 1. The molecule has 7 N–H and O–H groups in total. The third-order valence-corrected chi connectivity index (χ3v) is 17.1. The van der Waals surface area contributed by atoms with Gasteiger partial charge in [-0.05, 0) is 118 Å². The third kappa shape index (κ3) is 30.2. The smallest absolute Gasteiger partial charge is 0.360 e. The zero-order valence-corrected chi connectivity index (χ0v) is 67.9. The summed E-state index contributed by atoms with van der Waals surface area (Å²) in [5, 5.41) is 31.4. The summed E-state index contributed by atoms with van der Waals surface area (Å²) in [4.78, 5) is 207. The molecule has 0 saturated carbocycles. The predicted molar refractivity (Wildman–Crippen MR) is 409 cm³/mol. The van der Waals surface area contributed by atoms with Crippen LogP contribution in [-0.4, -0.2) is 217 Å². The molecule has 6 aromatic rings. The summed E-state index contributed by atoms with van der Waals surface area (Å²) in [6.45, 7) is 26.1. The molecule has 3 aromatic carbocycles. The highest BCUT2D eigenvalue weighted by Gasteiger charge is 2.40. The van der Waals surface area contributed by atoms with Crippen LogP contribution in [0.5, 0.6) is 0 Å². The van der Waals surface area contributed by atoms with E-state index in [1.54, 1.807) is 57.2 Å². The first-order valence-corrected chi connectivity index (χ1v) is 36.2. The normalized spacial score (nSPS) is 13.1. The van der Waals surface area contributed by atoms with Gasteiger partial charge in [-0.3, -0.25) is 71.9 Å². The number of rotatable bonds is 33. The van der Waals surface area contributed by atoms with Crippen molar-refractivity contribution in [1.29, 1.82) is 0 Å². The van der Waals surface area contributed by atoms with E-state index in [0.717, 1.165) is 65.6 Å². The molecule has 0 saturated heterocycles. The molecule has 2 amide bonds. The van der Waals surface area contributed by atoms with Gasteiger partial charge in [-0.25, -0.2) is 19.7 Å². The number of aliphatic hydroxyl groups is 2. The van der Waals surface area contributed by atoms with Gasteiger partial charge in [0.15, 0.2) is 29.7 Å². The van der Waals surface area contributed by atoms with Crippen LogP contribution in [0.2, 0.25) is 0 Å². The molecule has 38 heteroatoms. The molecule has 0 bridgehead atoms. The average Bonchev–Trinajstić information content (AvgIpc) is 0.779. The number of aromatic nitrogens is 6. The average molecular weight is 1620 g/mol. The highest BCUT2D eigenvalue weighted by atomic mass is 16.6. The molecule has 38 nitrogen and oxygen atoms in total. The molecular weight excluding hydrogens is 1510 g/mol. The lowest BCUT2D eigenvalue weighted by Crippen LogP contribution is -2.50. The number of aliphatic hydroxyl groups excluding tert-OH is 2. The zero-order chi connectivity index (χ0) is 87.2. The fraction of sp³-hybridized carbons (Fsp3) is 0.519. The summed E-state index contributed by atoms with van der Waals surface area (Å²) in [6.07, 6.45) is -7.69. The Morgan fingerprint density at radius 1 is 0.391 bits per heavy atom. The Morgan fingerprint density at radius 3 is 0.957 bits per heavy atom. The van der Waals surface area contributed by atoms with Gasteiger partial charge in [-0.1, -0.05) is 20.8 Å². The second kappa shape index (κ2) is 46.3. The summed E-state index contributed by atoms with van der Waals surface area (Å²) >= 11 is 0. The van der Waals surface area contributed by atoms with Crippen LogP contribution < -0.4 is 33.0 Å². The molecule has 0 aliphatic rings. The molecular formula is C77H103N9O29. The van der Waals surface area contributed by atoms with Crippen LogP contribution in [0, 0.1) is 53.4 Å². The standard InChI is InChI=1S/C26H33N3O11.C26H35N3O8.C23H28N2O9.C2H7NO/c1-13-9-19-20(10-14(13)2)29(26(36)23(28-19)25(35)27-7-8-30)11-21(38-16(4)32)24(40-18(6)34)22(39-17(5)33)12-37-15(3)31;1-8-9-27-25(33)24-26(34)29(21-11-15(3)14(2)10-20(21)28-24)12-22(36-18(6)31)16(4)23(37-19(7)32)13-35-17(5)30;1-11-7-17-18(8-12(11)2)25(22(29)21(24-17)23(30)31)9-19(33-15(5)27)13(3)20(34-16(6)28)10-32-14(4)26;3-1-2-4/h9-10,21-22,24,30H,7-8,11-12H2,1-6H3,(H,27,35);10-11,16,22-23H,8-9,12-13H2,1-7H3,(H,27,33);7-8,13,19-20H,9-10H2,1-6H3,(H,30,31);4H,1-3H2/t21-,22+,24-;16-,22-,23+;13-,19-,20+;/m000./s1. The van der Waals surface area contributed by atoms with Crippen LogP contribution in [0.3, 0.4) is 0 Å².